The van der Waals surface area contributed by atoms with Crippen LogP contribution in [0.5, 0.6) is 0 Å². The molecule has 0 unspecified atom stereocenters. The Morgan fingerprint density at radius 3 is 2.94 bits per heavy atom. The van der Waals surface area contributed by atoms with Crippen LogP contribution >= 0.6 is 23.1 Å². The summed E-state index contributed by atoms with van der Waals surface area (Å²) in [4.78, 5) is 16.3. The van der Waals surface area contributed by atoms with E-state index in [2.05, 4.69) is 4.98 Å². The molecule has 0 saturated carbocycles. The fraction of sp³-hybridized carbons (Fsp3) is 0.0909. The van der Waals surface area contributed by atoms with E-state index in [0.717, 1.165) is 16.3 Å². The molecule has 0 spiro atoms. The monoisotopic (exact) mass is 250 g/mol. The number of hydrogen-bond acceptors (Lipinski definition) is 4. The highest BCUT2D eigenvalue weighted by Gasteiger charge is 2.07. The lowest BCUT2D eigenvalue weighted by Gasteiger charge is -2.04. The smallest absolute Gasteiger partial charge is 0.249 e. The number of benzene rings is 1. The fourth-order valence-corrected chi connectivity index (χ4v) is 2.88. The minimum atomic E-state index is -0.388. The summed E-state index contributed by atoms with van der Waals surface area (Å²) in [5.41, 5.74) is 8.69. The average molecular weight is 250 g/mol. The normalized spacial score (nSPS) is 10.2. The molecule has 5 heteroatoms. The van der Waals surface area contributed by atoms with E-state index in [4.69, 9.17) is 5.73 Å². The number of rotatable bonds is 4. The van der Waals surface area contributed by atoms with Crippen LogP contribution in [0.25, 0.3) is 0 Å². The summed E-state index contributed by atoms with van der Waals surface area (Å²) in [6, 6.07) is 7.35. The van der Waals surface area contributed by atoms with Crippen molar-refractivity contribution in [1.82, 2.24) is 4.98 Å². The van der Waals surface area contributed by atoms with Crippen molar-refractivity contribution < 1.29 is 4.79 Å². The molecular weight excluding hydrogens is 240 g/mol. The standard InChI is InChI=1S/C11H10N2OS2/c12-11(14)9-3-1-2-4-10(9)16-6-8-5-15-7-13-8/h1-5,7H,6H2,(H2,12,14). The molecule has 1 heterocycles. The first-order valence-corrected chi connectivity index (χ1v) is 6.59. The van der Waals surface area contributed by atoms with Crippen LogP contribution in [0, 0.1) is 0 Å². The first-order valence-electron chi connectivity index (χ1n) is 4.66. The maximum atomic E-state index is 11.2. The molecule has 1 amide bonds. The predicted octanol–water partition coefficient (Wildman–Crippen LogP) is 2.53. The van der Waals surface area contributed by atoms with Crippen LogP contribution in [-0.4, -0.2) is 10.9 Å². The average Bonchev–Trinajstić information content (AvgIpc) is 2.79. The van der Waals surface area contributed by atoms with Gasteiger partial charge >= 0.3 is 0 Å². The molecular formula is C11H10N2OS2. The van der Waals surface area contributed by atoms with Gasteiger partial charge in [0.25, 0.3) is 0 Å². The number of nitrogens with two attached hydrogens (primary N) is 1. The minimum absolute atomic E-state index is 0.388. The van der Waals surface area contributed by atoms with Gasteiger partial charge in [-0.1, -0.05) is 12.1 Å². The highest BCUT2D eigenvalue weighted by Crippen LogP contribution is 2.25. The molecule has 0 bridgehead atoms. The molecule has 82 valence electrons. The molecule has 0 aliphatic carbocycles. The van der Waals surface area contributed by atoms with Gasteiger partial charge in [0, 0.05) is 16.0 Å². The summed E-state index contributed by atoms with van der Waals surface area (Å²) in [5.74, 6) is 0.370. The first-order chi connectivity index (χ1) is 7.77. The second-order valence-corrected chi connectivity index (χ2v) is 4.86. The van der Waals surface area contributed by atoms with Gasteiger partial charge in [0.15, 0.2) is 0 Å². The Morgan fingerprint density at radius 1 is 1.44 bits per heavy atom. The minimum Gasteiger partial charge on any atom is -0.366 e. The van der Waals surface area contributed by atoms with E-state index >= 15 is 0 Å². The Balaban J connectivity index is 2.12. The van der Waals surface area contributed by atoms with Crippen LogP contribution < -0.4 is 5.73 Å². The Bertz CT molecular complexity index is 482. The van der Waals surface area contributed by atoms with Gasteiger partial charge in [-0.3, -0.25) is 4.79 Å². The zero-order valence-electron chi connectivity index (χ0n) is 8.42. The van der Waals surface area contributed by atoms with Gasteiger partial charge < -0.3 is 5.73 Å². The number of primary amides is 1. The molecule has 16 heavy (non-hydrogen) atoms. The van der Waals surface area contributed by atoms with Crippen LogP contribution in [0.15, 0.2) is 40.1 Å². The third-order valence-electron chi connectivity index (χ3n) is 2.01. The molecule has 0 radical (unpaired) electrons. The number of thioether (sulfide) groups is 1. The number of hydrogen-bond donors (Lipinski definition) is 1. The number of carbonyl (C=O) groups is 1. The molecule has 2 aromatic rings. The number of aromatic nitrogens is 1. The van der Waals surface area contributed by atoms with Crippen LogP contribution in [0.4, 0.5) is 0 Å². The molecule has 0 aliphatic rings. The molecule has 0 aliphatic heterocycles. The van der Waals surface area contributed by atoms with Crippen molar-refractivity contribution in [3.63, 3.8) is 0 Å². The number of nitrogens with zero attached hydrogens (tertiary/aromatic N) is 1. The van der Waals surface area contributed by atoms with Crippen molar-refractivity contribution in [2.24, 2.45) is 5.73 Å². The van der Waals surface area contributed by atoms with Crippen molar-refractivity contribution in [2.75, 3.05) is 0 Å². The van der Waals surface area contributed by atoms with E-state index in [0.29, 0.717) is 5.56 Å². The third kappa shape index (κ3) is 2.62. The van der Waals surface area contributed by atoms with E-state index in [1.165, 1.54) is 0 Å². The lowest BCUT2D eigenvalue weighted by atomic mass is 10.2. The van der Waals surface area contributed by atoms with E-state index in [1.807, 2.05) is 23.6 Å². The first kappa shape index (κ1) is 11.2. The SMILES string of the molecule is NC(=O)c1ccccc1SCc1cscn1. The van der Waals surface area contributed by atoms with Crippen LogP contribution in [-0.2, 0) is 5.75 Å². The van der Waals surface area contributed by atoms with Gasteiger partial charge in [0.2, 0.25) is 5.91 Å². The lowest BCUT2D eigenvalue weighted by Crippen LogP contribution is -2.11. The van der Waals surface area contributed by atoms with Gasteiger partial charge in [-0.25, -0.2) is 4.98 Å². The van der Waals surface area contributed by atoms with Gasteiger partial charge in [0.05, 0.1) is 16.8 Å². The maximum Gasteiger partial charge on any atom is 0.249 e. The van der Waals surface area contributed by atoms with E-state index in [1.54, 1.807) is 34.7 Å². The molecule has 3 nitrogen and oxygen atoms in total. The Hall–Kier alpha value is -1.33. The number of amides is 1. The second-order valence-electron chi connectivity index (χ2n) is 3.13. The summed E-state index contributed by atoms with van der Waals surface area (Å²) < 4.78 is 0. The summed E-state index contributed by atoms with van der Waals surface area (Å²) in [6.07, 6.45) is 0. The Kier molecular flexibility index (Phi) is 3.58. The van der Waals surface area contributed by atoms with Crippen LogP contribution in [0.1, 0.15) is 16.1 Å². The molecule has 1 aromatic heterocycles. The zero-order valence-corrected chi connectivity index (χ0v) is 10.1. The van der Waals surface area contributed by atoms with Crippen molar-refractivity contribution in [2.45, 2.75) is 10.6 Å². The van der Waals surface area contributed by atoms with Gasteiger partial charge in [-0.2, -0.15) is 0 Å². The van der Waals surface area contributed by atoms with Crippen molar-refractivity contribution in [3.8, 4) is 0 Å². The van der Waals surface area contributed by atoms with Gasteiger partial charge in [0.1, 0.15) is 0 Å². The van der Waals surface area contributed by atoms with E-state index in [9.17, 15) is 4.79 Å². The molecule has 1 aromatic carbocycles. The predicted molar refractivity (Wildman–Crippen MR) is 66.6 cm³/mol. The topological polar surface area (TPSA) is 56.0 Å². The molecule has 2 N–H and O–H groups in total. The van der Waals surface area contributed by atoms with E-state index < -0.39 is 0 Å². The van der Waals surface area contributed by atoms with Gasteiger partial charge in [-0.05, 0) is 12.1 Å². The number of thiazole rings is 1. The van der Waals surface area contributed by atoms with Crippen molar-refractivity contribution >= 4 is 29.0 Å². The molecule has 0 atom stereocenters. The molecule has 2 rings (SSSR count). The summed E-state index contributed by atoms with van der Waals surface area (Å²) in [6.45, 7) is 0. The summed E-state index contributed by atoms with van der Waals surface area (Å²) >= 11 is 3.15. The molecule has 0 saturated heterocycles. The van der Waals surface area contributed by atoms with Crippen molar-refractivity contribution in [1.29, 1.82) is 0 Å². The highest BCUT2D eigenvalue weighted by molar-refractivity contribution is 7.98. The van der Waals surface area contributed by atoms with Crippen LogP contribution in [0.3, 0.4) is 0 Å². The Labute approximate surface area is 102 Å². The largest absolute Gasteiger partial charge is 0.366 e. The highest BCUT2D eigenvalue weighted by atomic mass is 32.2. The Morgan fingerprint density at radius 2 is 2.25 bits per heavy atom. The van der Waals surface area contributed by atoms with E-state index in [-0.39, 0.29) is 5.91 Å². The fourth-order valence-electron chi connectivity index (χ4n) is 1.26. The van der Waals surface area contributed by atoms with Gasteiger partial charge in [-0.15, -0.1) is 23.1 Å². The molecule has 0 fully saturated rings. The zero-order chi connectivity index (χ0) is 11.4. The quantitative estimate of drug-likeness (QED) is 0.848. The number of carbonyl (C=O) groups excluding carboxylic acids is 1. The van der Waals surface area contributed by atoms with Crippen molar-refractivity contribution in [3.05, 3.63) is 46.4 Å². The van der Waals surface area contributed by atoms with Crippen LogP contribution in [0.2, 0.25) is 0 Å². The summed E-state index contributed by atoms with van der Waals surface area (Å²) in [7, 11) is 0. The second kappa shape index (κ2) is 5.14. The maximum absolute atomic E-state index is 11.2. The lowest BCUT2D eigenvalue weighted by molar-refractivity contribution is 0.0997. The summed E-state index contributed by atoms with van der Waals surface area (Å²) in [5, 5.41) is 2.00. The third-order valence-corrected chi connectivity index (χ3v) is 3.75.